The predicted octanol–water partition coefficient (Wildman–Crippen LogP) is 1.05. The van der Waals surface area contributed by atoms with Crippen molar-refractivity contribution in [3.8, 4) is 5.88 Å². The Morgan fingerprint density at radius 2 is 2.00 bits per heavy atom. The largest absolute Gasteiger partial charge is 0.494 e. The van der Waals surface area contributed by atoms with Gasteiger partial charge in [0.05, 0.1) is 0 Å². The van der Waals surface area contributed by atoms with Crippen LogP contribution in [0.15, 0.2) is 10.9 Å². The van der Waals surface area contributed by atoms with Crippen LogP contribution in [0.3, 0.4) is 0 Å². The van der Waals surface area contributed by atoms with Crippen molar-refractivity contribution < 1.29 is 18.1 Å². The van der Waals surface area contributed by atoms with Gasteiger partial charge in [-0.15, -0.1) is 0 Å². The number of aromatic nitrogens is 1. The van der Waals surface area contributed by atoms with Crippen LogP contribution in [0.1, 0.15) is 30.9 Å². The Balaban J connectivity index is 3.31. The Kier molecular flexibility index (Phi) is 4.53. The van der Waals surface area contributed by atoms with Crippen molar-refractivity contribution in [1.29, 1.82) is 0 Å². The van der Waals surface area contributed by atoms with Gasteiger partial charge in [-0.05, 0) is 18.9 Å². The molecule has 0 aromatic carbocycles. The van der Waals surface area contributed by atoms with E-state index in [1.165, 1.54) is 13.0 Å². The van der Waals surface area contributed by atoms with Gasteiger partial charge in [0.2, 0.25) is 0 Å². The molecule has 0 aliphatic heterocycles. The minimum Gasteiger partial charge on any atom is -0.494 e. The summed E-state index contributed by atoms with van der Waals surface area (Å²) in [5.41, 5.74) is -0.229. The number of nitrogens with zero attached hydrogens (tertiary/aromatic N) is 1. The van der Waals surface area contributed by atoms with Crippen LogP contribution in [-0.2, 0) is 22.4 Å². The maximum Gasteiger partial charge on any atom is 0.269 e. The average Bonchev–Trinajstić information content (AvgIpc) is 2.23. The summed E-state index contributed by atoms with van der Waals surface area (Å²) in [6.45, 7) is 3.78. The van der Waals surface area contributed by atoms with Crippen LogP contribution >= 0.6 is 0 Å². The number of aromatic hydroxyl groups is 1. The zero-order valence-corrected chi connectivity index (χ0v) is 11.2. The molecule has 0 saturated heterocycles. The van der Waals surface area contributed by atoms with Gasteiger partial charge < -0.3 is 5.11 Å². The molecule has 0 aliphatic carbocycles. The second kappa shape index (κ2) is 5.53. The molecule has 0 aliphatic rings. The van der Waals surface area contributed by atoms with Crippen molar-refractivity contribution in [3.05, 3.63) is 27.5 Å². The molecule has 1 aromatic heterocycles. The fraction of sp³-hybridized carbons (Fsp3) is 0.545. The van der Waals surface area contributed by atoms with Gasteiger partial charge >= 0.3 is 0 Å². The molecule has 0 amide bonds. The summed E-state index contributed by atoms with van der Waals surface area (Å²) in [5, 5.41) is 9.67. The molecule has 0 radical (unpaired) electrons. The second-order valence-corrected chi connectivity index (χ2v) is 5.65. The topological polar surface area (TPSA) is 96.6 Å². The highest BCUT2D eigenvalue weighted by Crippen LogP contribution is 2.15. The normalized spacial score (nSPS) is 11.7. The lowest BCUT2D eigenvalue weighted by Gasteiger charge is -2.12. The van der Waals surface area contributed by atoms with E-state index in [0.717, 1.165) is 11.0 Å². The van der Waals surface area contributed by atoms with Gasteiger partial charge in [0.1, 0.15) is 5.75 Å². The van der Waals surface area contributed by atoms with Gasteiger partial charge in [0.15, 0.2) is 5.88 Å². The maximum atomic E-state index is 12.0. The molecular formula is C11H17NO5S. The number of hydrogen-bond acceptors (Lipinski definition) is 4. The fourth-order valence-corrected chi connectivity index (χ4v) is 2.40. The number of hydrogen-bond donors (Lipinski definition) is 2. The molecule has 0 unspecified atom stereocenters. The molecule has 0 spiro atoms. The number of aryl methyl sites for hydroxylation is 1. The number of unbranched alkanes of at least 4 members (excludes halogenated alkanes) is 1. The first-order chi connectivity index (χ1) is 8.26. The average molecular weight is 275 g/mol. The van der Waals surface area contributed by atoms with E-state index in [9.17, 15) is 18.3 Å². The molecule has 7 heteroatoms. The standard InChI is InChI=1S/C11H17NO5S/c1-3-4-5-12-10(13)6-8(2)9(11(12)14)7-18(15,16)17/h6,13H,3-5,7H2,1-2H3,(H,15,16,17). The Morgan fingerprint density at radius 1 is 1.39 bits per heavy atom. The Bertz CT molecular complexity index is 588. The molecule has 0 fully saturated rings. The van der Waals surface area contributed by atoms with Crippen molar-refractivity contribution in [3.63, 3.8) is 0 Å². The minimum absolute atomic E-state index is 0.00796. The molecule has 6 nitrogen and oxygen atoms in total. The summed E-state index contributed by atoms with van der Waals surface area (Å²) in [6, 6.07) is 1.33. The number of rotatable bonds is 5. The molecule has 18 heavy (non-hydrogen) atoms. The van der Waals surface area contributed by atoms with E-state index in [4.69, 9.17) is 4.55 Å². The first kappa shape index (κ1) is 14.7. The van der Waals surface area contributed by atoms with Crippen LogP contribution in [-0.4, -0.2) is 22.6 Å². The van der Waals surface area contributed by atoms with Crippen LogP contribution in [0.5, 0.6) is 5.88 Å². The summed E-state index contributed by atoms with van der Waals surface area (Å²) in [4.78, 5) is 12.0. The third-order valence-electron chi connectivity index (χ3n) is 2.66. The highest BCUT2D eigenvalue weighted by atomic mass is 32.2. The van der Waals surface area contributed by atoms with E-state index in [1.54, 1.807) is 0 Å². The van der Waals surface area contributed by atoms with Crippen LogP contribution in [0.25, 0.3) is 0 Å². The van der Waals surface area contributed by atoms with Gasteiger partial charge in [-0.3, -0.25) is 13.9 Å². The highest BCUT2D eigenvalue weighted by molar-refractivity contribution is 7.85. The Labute approximate surface area is 106 Å². The molecule has 1 heterocycles. The summed E-state index contributed by atoms with van der Waals surface area (Å²) < 4.78 is 31.7. The summed E-state index contributed by atoms with van der Waals surface area (Å²) in [7, 11) is -4.27. The molecule has 0 saturated carbocycles. The van der Waals surface area contributed by atoms with Gasteiger partial charge in [-0.25, -0.2) is 0 Å². The van der Waals surface area contributed by atoms with Gasteiger partial charge in [-0.2, -0.15) is 8.42 Å². The molecule has 1 rings (SSSR count). The van der Waals surface area contributed by atoms with E-state index in [1.807, 2.05) is 6.92 Å². The van der Waals surface area contributed by atoms with Crippen LogP contribution in [0.4, 0.5) is 0 Å². The van der Waals surface area contributed by atoms with Gasteiger partial charge in [0, 0.05) is 18.2 Å². The lowest BCUT2D eigenvalue weighted by atomic mass is 10.1. The van der Waals surface area contributed by atoms with Crippen molar-refractivity contribution in [2.24, 2.45) is 0 Å². The number of pyridine rings is 1. The fourth-order valence-electron chi connectivity index (χ4n) is 1.68. The predicted molar refractivity (Wildman–Crippen MR) is 67.3 cm³/mol. The molecule has 1 aromatic rings. The van der Waals surface area contributed by atoms with E-state index in [0.29, 0.717) is 18.5 Å². The smallest absolute Gasteiger partial charge is 0.269 e. The first-order valence-corrected chi connectivity index (χ1v) is 7.24. The van der Waals surface area contributed by atoms with E-state index in [2.05, 4.69) is 0 Å². The Hall–Kier alpha value is -1.34. The minimum atomic E-state index is -4.27. The van der Waals surface area contributed by atoms with Crippen LogP contribution < -0.4 is 5.56 Å². The molecule has 0 atom stereocenters. The van der Waals surface area contributed by atoms with E-state index >= 15 is 0 Å². The lowest BCUT2D eigenvalue weighted by molar-refractivity contribution is 0.399. The molecular weight excluding hydrogens is 258 g/mol. The van der Waals surface area contributed by atoms with Crippen molar-refractivity contribution in [2.75, 3.05) is 0 Å². The quantitative estimate of drug-likeness (QED) is 0.783. The van der Waals surface area contributed by atoms with E-state index < -0.39 is 21.4 Å². The van der Waals surface area contributed by atoms with Crippen LogP contribution in [0.2, 0.25) is 0 Å². The van der Waals surface area contributed by atoms with Crippen molar-refractivity contribution >= 4 is 10.1 Å². The highest BCUT2D eigenvalue weighted by Gasteiger charge is 2.17. The first-order valence-electron chi connectivity index (χ1n) is 5.63. The van der Waals surface area contributed by atoms with Crippen molar-refractivity contribution in [1.82, 2.24) is 4.57 Å². The molecule has 2 N–H and O–H groups in total. The zero-order chi connectivity index (χ0) is 13.9. The SMILES string of the molecule is CCCCn1c(O)cc(C)c(CS(=O)(=O)O)c1=O. The monoisotopic (exact) mass is 275 g/mol. The maximum absolute atomic E-state index is 12.0. The van der Waals surface area contributed by atoms with Gasteiger partial charge in [-0.1, -0.05) is 13.3 Å². The summed E-state index contributed by atoms with van der Waals surface area (Å²) >= 11 is 0. The summed E-state index contributed by atoms with van der Waals surface area (Å²) in [5.74, 6) is -0.922. The third-order valence-corrected chi connectivity index (χ3v) is 3.32. The Morgan fingerprint density at radius 3 is 2.50 bits per heavy atom. The molecule has 0 bridgehead atoms. The zero-order valence-electron chi connectivity index (χ0n) is 10.4. The van der Waals surface area contributed by atoms with Gasteiger partial charge in [0.25, 0.3) is 15.7 Å². The second-order valence-electron chi connectivity index (χ2n) is 4.20. The van der Waals surface area contributed by atoms with Crippen LogP contribution in [0, 0.1) is 6.92 Å². The van der Waals surface area contributed by atoms with Crippen molar-refractivity contribution in [2.45, 2.75) is 39.0 Å². The third kappa shape index (κ3) is 3.58. The van der Waals surface area contributed by atoms with E-state index in [-0.39, 0.29) is 11.4 Å². The molecule has 102 valence electrons. The summed E-state index contributed by atoms with van der Waals surface area (Å²) in [6.07, 6.45) is 1.54. The lowest BCUT2D eigenvalue weighted by Crippen LogP contribution is -2.26.